The van der Waals surface area contributed by atoms with Crippen molar-refractivity contribution in [3.63, 3.8) is 0 Å². The van der Waals surface area contributed by atoms with E-state index < -0.39 is 10.5 Å². The van der Waals surface area contributed by atoms with Crippen LogP contribution in [0.5, 0.6) is 11.5 Å². The Morgan fingerprint density at radius 2 is 0.767 bits per heavy atom. The zero-order chi connectivity index (χ0) is 20.8. The van der Waals surface area contributed by atoms with E-state index in [2.05, 4.69) is 0 Å². The van der Waals surface area contributed by atoms with Gasteiger partial charge in [0, 0.05) is 24.3 Å². The molecule has 0 aliphatic heterocycles. The summed E-state index contributed by atoms with van der Waals surface area (Å²) >= 11 is 0. The van der Waals surface area contributed by atoms with Crippen LogP contribution in [0.25, 0.3) is 11.1 Å². The number of quaternary nitrogens is 2. The van der Waals surface area contributed by atoms with Gasteiger partial charge < -0.3 is 20.1 Å². The van der Waals surface area contributed by atoms with Crippen LogP contribution in [0, 0.1) is 10.4 Å². The molecule has 4 aromatic rings. The Labute approximate surface area is 174 Å². The standard InChI is InChI=1S/C24H20N2O4/c27-25(21-7-3-1-4-8-21)29-23-15-11-19(12-16-23)20-13-17-24(18-14-20)30-26(28)22-9-5-2-6-10-22/h1-18,25-26H. The van der Waals surface area contributed by atoms with E-state index >= 15 is 0 Å². The summed E-state index contributed by atoms with van der Waals surface area (Å²) in [6.07, 6.45) is 0. The van der Waals surface area contributed by atoms with Crippen LogP contribution < -0.4 is 20.1 Å². The third kappa shape index (κ3) is 4.83. The van der Waals surface area contributed by atoms with Crippen molar-refractivity contribution in [3.05, 3.63) is 120 Å². The van der Waals surface area contributed by atoms with Crippen LogP contribution in [-0.2, 0) is 0 Å². The molecule has 0 saturated carbocycles. The quantitative estimate of drug-likeness (QED) is 0.467. The molecule has 0 aliphatic carbocycles. The number of hydrogen-bond donors (Lipinski definition) is 2. The van der Waals surface area contributed by atoms with Gasteiger partial charge in [0.05, 0.1) is 0 Å². The number of rotatable bonds is 7. The molecule has 4 aromatic carbocycles. The monoisotopic (exact) mass is 400 g/mol. The molecular weight excluding hydrogens is 380 g/mol. The highest BCUT2D eigenvalue weighted by Gasteiger charge is 2.08. The highest BCUT2D eigenvalue weighted by molar-refractivity contribution is 5.64. The van der Waals surface area contributed by atoms with E-state index in [1.165, 1.54) is 0 Å². The van der Waals surface area contributed by atoms with Gasteiger partial charge in [-0.15, -0.1) is 10.5 Å². The summed E-state index contributed by atoms with van der Waals surface area (Å²) in [7, 11) is 0. The summed E-state index contributed by atoms with van der Waals surface area (Å²) in [6.45, 7) is 0. The van der Waals surface area contributed by atoms with E-state index in [0.29, 0.717) is 22.9 Å². The largest absolute Gasteiger partial charge is 0.585 e. The first-order chi connectivity index (χ1) is 14.7. The molecular formula is C24H20N2O4. The fourth-order valence-corrected chi connectivity index (χ4v) is 2.91. The van der Waals surface area contributed by atoms with Crippen molar-refractivity contribution < 1.29 is 20.1 Å². The molecule has 0 radical (unpaired) electrons. The van der Waals surface area contributed by atoms with Gasteiger partial charge in [-0.1, -0.05) is 60.7 Å². The van der Waals surface area contributed by atoms with Gasteiger partial charge in [0.25, 0.3) is 0 Å². The Morgan fingerprint density at radius 3 is 1.10 bits per heavy atom. The number of nitrogens with one attached hydrogen (secondary N) is 2. The van der Waals surface area contributed by atoms with Crippen molar-refractivity contribution >= 4 is 11.4 Å². The van der Waals surface area contributed by atoms with Crippen LogP contribution in [0.3, 0.4) is 0 Å². The Bertz CT molecular complexity index is 967. The normalized spacial score (nSPS) is 12.7. The number of benzene rings is 4. The maximum absolute atomic E-state index is 12.1. The van der Waals surface area contributed by atoms with Crippen molar-refractivity contribution in [1.29, 1.82) is 0 Å². The second-order valence-corrected chi connectivity index (χ2v) is 6.56. The third-order valence-corrected chi connectivity index (χ3v) is 4.48. The summed E-state index contributed by atoms with van der Waals surface area (Å²) in [5.41, 5.74) is 2.91. The van der Waals surface area contributed by atoms with Gasteiger partial charge >= 0.3 is 0 Å². The molecule has 0 heterocycles. The molecule has 0 spiro atoms. The van der Waals surface area contributed by atoms with Gasteiger partial charge in [-0.25, -0.2) is 0 Å². The van der Waals surface area contributed by atoms with E-state index in [1.54, 1.807) is 72.8 Å². The van der Waals surface area contributed by atoms with Crippen molar-refractivity contribution in [1.82, 2.24) is 0 Å². The maximum Gasteiger partial charge on any atom is 0.191 e. The molecule has 2 atom stereocenters. The molecule has 0 bridgehead atoms. The van der Waals surface area contributed by atoms with Gasteiger partial charge in [0.2, 0.25) is 0 Å². The molecule has 150 valence electrons. The van der Waals surface area contributed by atoms with E-state index in [4.69, 9.17) is 9.68 Å². The lowest BCUT2D eigenvalue weighted by Gasteiger charge is -2.20. The fraction of sp³-hybridized carbons (Fsp3) is 0. The molecule has 6 heteroatoms. The van der Waals surface area contributed by atoms with Crippen LogP contribution in [0.2, 0.25) is 0 Å². The second kappa shape index (κ2) is 9.21. The molecule has 4 rings (SSSR count). The highest BCUT2D eigenvalue weighted by atomic mass is 16.9. The second-order valence-electron chi connectivity index (χ2n) is 6.56. The molecule has 2 unspecified atom stereocenters. The van der Waals surface area contributed by atoms with Gasteiger partial charge in [-0.05, 0) is 35.4 Å². The van der Waals surface area contributed by atoms with E-state index in [1.807, 2.05) is 36.4 Å². The first-order valence-electron chi connectivity index (χ1n) is 9.44. The van der Waals surface area contributed by atoms with E-state index in [9.17, 15) is 10.4 Å². The first kappa shape index (κ1) is 19.6. The number of hydrogen-bond acceptors (Lipinski definition) is 4. The van der Waals surface area contributed by atoms with Gasteiger partial charge in [0.1, 0.15) is 0 Å². The minimum Gasteiger partial charge on any atom is -0.585 e. The van der Waals surface area contributed by atoms with Gasteiger partial charge in [0.15, 0.2) is 22.9 Å². The van der Waals surface area contributed by atoms with Gasteiger partial charge in [-0.3, -0.25) is 0 Å². The van der Waals surface area contributed by atoms with E-state index in [-0.39, 0.29) is 0 Å². The molecule has 6 nitrogen and oxygen atoms in total. The lowest BCUT2D eigenvalue weighted by molar-refractivity contribution is -0.963. The molecule has 0 aromatic heterocycles. The predicted molar refractivity (Wildman–Crippen MR) is 114 cm³/mol. The average molecular weight is 400 g/mol. The fourth-order valence-electron chi connectivity index (χ4n) is 2.91. The molecule has 0 fully saturated rings. The van der Waals surface area contributed by atoms with Crippen LogP contribution in [0.1, 0.15) is 0 Å². The average Bonchev–Trinajstić information content (AvgIpc) is 2.81. The molecule has 0 amide bonds. The Hall–Kier alpha value is -3.68. The zero-order valence-corrected chi connectivity index (χ0v) is 16.0. The summed E-state index contributed by atoms with van der Waals surface area (Å²) in [6, 6.07) is 32.2. The Kier molecular flexibility index (Phi) is 6.03. The SMILES string of the molecule is [O-][NH+](Oc1ccc(-c2ccc(O[NH+]([O-])c3ccccc3)cc2)cc1)c1ccccc1. The topological polar surface area (TPSA) is 73.5 Å². The van der Waals surface area contributed by atoms with Crippen molar-refractivity contribution in [2.24, 2.45) is 0 Å². The minimum absolute atomic E-state index is 0.395. The first-order valence-corrected chi connectivity index (χ1v) is 9.44. The Balaban J connectivity index is 1.39. The third-order valence-electron chi connectivity index (χ3n) is 4.48. The minimum atomic E-state index is -0.395. The van der Waals surface area contributed by atoms with Crippen LogP contribution in [0.15, 0.2) is 109 Å². The highest BCUT2D eigenvalue weighted by Crippen LogP contribution is 2.24. The lowest BCUT2D eigenvalue weighted by Crippen LogP contribution is -3.04. The maximum atomic E-state index is 12.1. The predicted octanol–water partition coefficient (Wildman–Crippen LogP) is 3.37. The zero-order valence-electron chi connectivity index (χ0n) is 16.0. The molecule has 30 heavy (non-hydrogen) atoms. The molecule has 0 aliphatic rings. The lowest BCUT2D eigenvalue weighted by atomic mass is 10.1. The summed E-state index contributed by atoms with van der Waals surface area (Å²) in [4.78, 5) is 10.8. The van der Waals surface area contributed by atoms with Crippen molar-refractivity contribution in [3.8, 4) is 22.6 Å². The van der Waals surface area contributed by atoms with Gasteiger partial charge in [-0.2, -0.15) is 0 Å². The molecule has 0 saturated heterocycles. The van der Waals surface area contributed by atoms with Crippen LogP contribution in [0.4, 0.5) is 11.4 Å². The van der Waals surface area contributed by atoms with Crippen molar-refractivity contribution in [2.45, 2.75) is 0 Å². The summed E-state index contributed by atoms with van der Waals surface area (Å²) in [5, 5.41) is 23.5. The smallest absolute Gasteiger partial charge is 0.191 e. The summed E-state index contributed by atoms with van der Waals surface area (Å²) < 4.78 is 0. The molecule has 2 N–H and O–H groups in total. The van der Waals surface area contributed by atoms with Crippen LogP contribution >= 0.6 is 0 Å². The van der Waals surface area contributed by atoms with Crippen LogP contribution in [-0.4, -0.2) is 0 Å². The van der Waals surface area contributed by atoms with Crippen molar-refractivity contribution in [2.75, 3.05) is 0 Å². The Morgan fingerprint density at radius 1 is 0.433 bits per heavy atom. The summed E-state index contributed by atoms with van der Waals surface area (Å²) in [5.74, 6) is 0.946. The van der Waals surface area contributed by atoms with E-state index in [0.717, 1.165) is 11.1 Å².